The molecule has 0 bridgehead atoms. The van der Waals surface area contributed by atoms with Crippen LogP contribution in [0.5, 0.6) is 0 Å². The van der Waals surface area contributed by atoms with Crippen molar-refractivity contribution in [1.82, 2.24) is 19.2 Å². The minimum Gasteiger partial charge on any atom is -0.354 e. The fraction of sp³-hybridized carbons (Fsp3) is 0.619. The number of amides is 1. The highest BCUT2D eigenvalue weighted by atomic mass is 32.2. The van der Waals surface area contributed by atoms with E-state index in [4.69, 9.17) is 4.98 Å². The zero-order valence-corrected chi connectivity index (χ0v) is 18.5. The Balaban J connectivity index is 1.86. The number of benzene rings is 1. The number of nitrogens with zero attached hydrogens (tertiary/aromatic N) is 3. The average molecular weight is 421 g/mol. The third-order valence-electron chi connectivity index (χ3n) is 5.54. The molecule has 2 aromatic rings. The number of carbonyl (C=O) groups is 1. The van der Waals surface area contributed by atoms with Gasteiger partial charge in [0.1, 0.15) is 5.82 Å². The Bertz CT molecular complexity index is 962. The first-order chi connectivity index (χ1) is 13.9. The molecule has 1 amide bonds. The summed E-state index contributed by atoms with van der Waals surface area (Å²) >= 11 is 0. The number of sulfonamides is 1. The minimum atomic E-state index is -3.47. The predicted octanol–water partition coefficient (Wildman–Crippen LogP) is 3.08. The molecule has 1 aliphatic heterocycles. The van der Waals surface area contributed by atoms with E-state index in [-0.39, 0.29) is 11.9 Å². The number of nitrogens with one attached hydrogen (secondary N) is 1. The summed E-state index contributed by atoms with van der Waals surface area (Å²) in [5.74, 6) is 0.851. The van der Waals surface area contributed by atoms with Gasteiger partial charge in [-0.15, -0.1) is 0 Å². The van der Waals surface area contributed by atoms with Crippen LogP contribution >= 0.6 is 0 Å². The summed E-state index contributed by atoms with van der Waals surface area (Å²) in [7, 11) is -3.47. The normalized spacial score (nSPS) is 16.4. The molecule has 0 radical (unpaired) electrons. The lowest BCUT2D eigenvalue weighted by molar-refractivity contribution is -0.121. The monoisotopic (exact) mass is 420 g/mol. The molecular formula is C21H32N4O3S. The van der Waals surface area contributed by atoms with Crippen molar-refractivity contribution in [2.75, 3.05) is 13.1 Å². The molecular weight excluding hydrogens is 388 g/mol. The van der Waals surface area contributed by atoms with Crippen LogP contribution in [0.1, 0.15) is 58.7 Å². The average Bonchev–Trinajstić information content (AvgIpc) is 3.35. The van der Waals surface area contributed by atoms with E-state index in [0.717, 1.165) is 43.6 Å². The quantitative estimate of drug-likeness (QED) is 0.676. The van der Waals surface area contributed by atoms with Crippen LogP contribution in [0.2, 0.25) is 0 Å². The number of hydrogen-bond donors (Lipinski definition) is 1. The van der Waals surface area contributed by atoms with E-state index in [1.54, 1.807) is 16.4 Å². The molecule has 7 nitrogen and oxygen atoms in total. The van der Waals surface area contributed by atoms with Crippen LogP contribution < -0.4 is 5.32 Å². The van der Waals surface area contributed by atoms with Gasteiger partial charge in [0.05, 0.1) is 15.9 Å². The number of hydrogen-bond acceptors (Lipinski definition) is 4. The molecule has 1 fully saturated rings. The summed E-state index contributed by atoms with van der Waals surface area (Å²) in [6.45, 7) is 8.09. The third-order valence-corrected chi connectivity index (χ3v) is 7.44. The lowest BCUT2D eigenvalue weighted by atomic mass is 10.2. The van der Waals surface area contributed by atoms with E-state index in [9.17, 15) is 13.2 Å². The van der Waals surface area contributed by atoms with E-state index < -0.39 is 10.0 Å². The van der Waals surface area contributed by atoms with Crippen molar-refractivity contribution in [1.29, 1.82) is 0 Å². The van der Waals surface area contributed by atoms with Crippen molar-refractivity contribution in [3.05, 3.63) is 24.0 Å². The van der Waals surface area contributed by atoms with Gasteiger partial charge in [-0.3, -0.25) is 4.79 Å². The Kier molecular flexibility index (Phi) is 6.95. The highest BCUT2D eigenvalue weighted by molar-refractivity contribution is 7.89. The second-order valence-electron chi connectivity index (χ2n) is 7.82. The SMILES string of the molecule is CCCn1c(CCC(=O)NC(C)CC)nc2cc(S(=O)(=O)N3CCCC3)ccc21. The van der Waals surface area contributed by atoms with Crippen molar-refractivity contribution in [2.45, 2.75) is 76.8 Å². The molecule has 1 N–H and O–H groups in total. The van der Waals surface area contributed by atoms with Crippen LogP contribution in [-0.4, -0.2) is 47.3 Å². The number of aryl methyl sites for hydroxylation is 2. The van der Waals surface area contributed by atoms with Gasteiger partial charge in [-0.2, -0.15) is 4.31 Å². The number of rotatable bonds is 9. The van der Waals surface area contributed by atoms with Crippen LogP contribution in [0.3, 0.4) is 0 Å². The van der Waals surface area contributed by atoms with Gasteiger partial charge >= 0.3 is 0 Å². The molecule has 0 aliphatic carbocycles. The maximum absolute atomic E-state index is 12.9. The first kappa shape index (κ1) is 21.8. The zero-order valence-electron chi connectivity index (χ0n) is 17.6. The molecule has 160 valence electrons. The maximum Gasteiger partial charge on any atom is 0.243 e. The number of fused-ring (bicyclic) bond motifs is 1. The molecule has 0 spiro atoms. The van der Waals surface area contributed by atoms with Gasteiger partial charge in [-0.25, -0.2) is 13.4 Å². The van der Waals surface area contributed by atoms with Crippen LogP contribution in [0.15, 0.2) is 23.1 Å². The molecule has 1 aromatic carbocycles. The number of carbonyl (C=O) groups excluding carboxylic acids is 1. The lowest BCUT2D eigenvalue weighted by Crippen LogP contribution is -2.32. The molecule has 3 rings (SSSR count). The van der Waals surface area contributed by atoms with E-state index >= 15 is 0 Å². The van der Waals surface area contributed by atoms with Crippen molar-refractivity contribution in [3.8, 4) is 0 Å². The molecule has 1 aliphatic rings. The predicted molar refractivity (Wildman–Crippen MR) is 114 cm³/mol. The summed E-state index contributed by atoms with van der Waals surface area (Å²) in [5, 5.41) is 2.98. The Hall–Kier alpha value is -1.93. The van der Waals surface area contributed by atoms with Crippen molar-refractivity contribution >= 4 is 27.0 Å². The van der Waals surface area contributed by atoms with E-state index in [0.29, 0.717) is 36.3 Å². The summed E-state index contributed by atoms with van der Waals surface area (Å²) in [6.07, 6.45) is 4.56. The fourth-order valence-electron chi connectivity index (χ4n) is 3.74. The lowest BCUT2D eigenvalue weighted by Gasteiger charge is -2.15. The molecule has 1 aromatic heterocycles. The third kappa shape index (κ3) is 4.80. The highest BCUT2D eigenvalue weighted by Crippen LogP contribution is 2.25. The van der Waals surface area contributed by atoms with E-state index in [1.807, 2.05) is 19.9 Å². The van der Waals surface area contributed by atoms with Crippen molar-refractivity contribution < 1.29 is 13.2 Å². The van der Waals surface area contributed by atoms with E-state index in [1.165, 1.54) is 0 Å². The largest absolute Gasteiger partial charge is 0.354 e. The van der Waals surface area contributed by atoms with Crippen LogP contribution in [0.25, 0.3) is 11.0 Å². The fourth-order valence-corrected chi connectivity index (χ4v) is 5.27. The highest BCUT2D eigenvalue weighted by Gasteiger charge is 2.27. The summed E-state index contributed by atoms with van der Waals surface area (Å²) in [6, 6.07) is 5.38. The summed E-state index contributed by atoms with van der Waals surface area (Å²) in [4.78, 5) is 17.2. The van der Waals surface area contributed by atoms with Gasteiger partial charge in [0.2, 0.25) is 15.9 Å². The van der Waals surface area contributed by atoms with Crippen LogP contribution in [-0.2, 0) is 27.8 Å². The Morgan fingerprint density at radius 2 is 1.97 bits per heavy atom. The van der Waals surface area contributed by atoms with Gasteiger partial charge in [0.15, 0.2) is 0 Å². The molecule has 1 atom stereocenters. The molecule has 29 heavy (non-hydrogen) atoms. The standard InChI is InChI=1S/C21H32N4O3S/c1-4-12-25-19-9-8-17(29(27,28)24-13-6-7-14-24)15-18(19)23-20(25)10-11-21(26)22-16(3)5-2/h8-9,15-16H,4-7,10-14H2,1-3H3,(H,22,26). The van der Waals surface area contributed by atoms with E-state index in [2.05, 4.69) is 16.8 Å². The molecule has 2 heterocycles. The Labute approximate surface area is 173 Å². The summed E-state index contributed by atoms with van der Waals surface area (Å²) < 4.78 is 29.4. The molecule has 0 saturated carbocycles. The topological polar surface area (TPSA) is 84.3 Å². The Morgan fingerprint density at radius 3 is 2.62 bits per heavy atom. The minimum absolute atomic E-state index is 0.0201. The van der Waals surface area contributed by atoms with Crippen molar-refractivity contribution in [3.63, 3.8) is 0 Å². The van der Waals surface area contributed by atoms with Gasteiger partial charge in [-0.05, 0) is 50.8 Å². The van der Waals surface area contributed by atoms with Crippen molar-refractivity contribution in [2.24, 2.45) is 0 Å². The second-order valence-corrected chi connectivity index (χ2v) is 9.76. The van der Waals surface area contributed by atoms with Gasteiger partial charge in [0.25, 0.3) is 0 Å². The molecule has 1 unspecified atom stereocenters. The molecule has 1 saturated heterocycles. The van der Waals surface area contributed by atoms with Gasteiger partial charge in [0, 0.05) is 38.5 Å². The molecule has 8 heteroatoms. The number of aromatic nitrogens is 2. The summed E-state index contributed by atoms with van der Waals surface area (Å²) in [5.41, 5.74) is 1.60. The first-order valence-electron chi connectivity index (χ1n) is 10.7. The maximum atomic E-state index is 12.9. The van der Waals surface area contributed by atoms with Crippen LogP contribution in [0, 0.1) is 0 Å². The Morgan fingerprint density at radius 1 is 1.24 bits per heavy atom. The van der Waals surface area contributed by atoms with Crippen LogP contribution in [0.4, 0.5) is 0 Å². The number of imidazole rings is 1. The first-order valence-corrected chi connectivity index (χ1v) is 12.1. The smallest absolute Gasteiger partial charge is 0.243 e. The van der Waals surface area contributed by atoms with Gasteiger partial charge < -0.3 is 9.88 Å². The van der Waals surface area contributed by atoms with Gasteiger partial charge in [-0.1, -0.05) is 13.8 Å². The second kappa shape index (κ2) is 9.26. The zero-order chi connectivity index (χ0) is 21.0.